The molecule has 0 atom stereocenters. The summed E-state index contributed by atoms with van der Waals surface area (Å²) in [5.41, 5.74) is -1.48. The highest BCUT2D eigenvalue weighted by atomic mass is 32.2. The fourth-order valence-electron chi connectivity index (χ4n) is 1.67. The number of nitro benzene ring substituents is 2. The molecule has 1 aromatic carbocycles. The molecule has 0 aromatic heterocycles. The number of hydrogen-bond donors (Lipinski definition) is 1. The first-order valence-corrected chi connectivity index (χ1v) is 7.85. The fourth-order valence-corrected chi connectivity index (χ4v) is 2.24. The predicted octanol–water partition coefficient (Wildman–Crippen LogP) is 1.56. The Balaban J connectivity index is 2.87. The van der Waals surface area contributed by atoms with Crippen molar-refractivity contribution >= 4 is 21.5 Å². The Hall–Kier alpha value is -2.47. The third kappa shape index (κ3) is 5.67. The van der Waals surface area contributed by atoms with Crippen molar-refractivity contribution in [3.05, 3.63) is 32.4 Å². The second kappa shape index (κ2) is 7.69. The molecule has 11 nitrogen and oxygen atoms in total. The van der Waals surface area contributed by atoms with Crippen LogP contribution in [0.15, 0.2) is 12.1 Å². The minimum atomic E-state index is -4.06. The second-order valence-electron chi connectivity index (χ2n) is 4.35. The summed E-state index contributed by atoms with van der Waals surface area (Å²) in [5.74, 6) is -0.567. The minimum Gasteiger partial charge on any atom is -0.493 e. The van der Waals surface area contributed by atoms with Crippen LogP contribution in [0.5, 0.6) is 11.5 Å². The molecule has 0 aliphatic carbocycles. The van der Waals surface area contributed by atoms with Crippen molar-refractivity contribution < 1.29 is 32.3 Å². The van der Waals surface area contributed by atoms with Crippen LogP contribution in [0.25, 0.3) is 0 Å². The summed E-state index contributed by atoms with van der Waals surface area (Å²) in [4.78, 5) is 19.9. The van der Waals surface area contributed by atoms with E-state index in [9.17, 15) is 28.6 Å². The average Bonchev–Trinajstić information content (AvgIpc) is 2.44. The summed E-state index contributed by atoms with van der Waals surface area (Å²) < 4.78 is 39.8. The molecule has 0 spiro atoms. The van der Waals surface area contributed by atoms with Crippen LogP contribution in [0.3, 0.4) is 0 Å². The van der Waals surface area contributed by atoms with E-state index in [1.165, 1.54) is 7.11 Å². The maximum atomic E-state index is 10.9. The molecule has 23 heavy (non-hydrogen) atoms. The van der Waals surface area contributed by atoms with Gasteiger partial charge in [-0.1, -0.05) is 0 Å². The standard InChI is InChI=1S/C11H14N2O9S/c1-21-10-6-8(12(14)15)9(13(16)17)7-11(10)22-4-2-3-5-23(18,19)20/h6-7H,2-5H2,1H3,(H,18,19,20). The number of rotatable bonds is 9. The normalized spacial score (nSPS) is 11.0. The molecular formula is C11H14N2O9S. The van der Waals surface area contributed by atoms with E-state index in [0.717, 1.165) is 12.1 Å². The molecule has 1 N–H and O–H groups in total. The summed E-state index contributed by atoms with van der Waals surface area (Å²) in [6.07, 6.45) is 0.365. The van der Waals surface area contributed by atoms with Crippen LogP contribution in [-0.4, -0.2) is 42.3 Å². The van der Waals surface area contributed by atoms with Crippen LogP contribution in [0.2, 0.25) is 0 Å². The molecule has 128 valence electrons. The van der Waals surface area contributed by atoms with Gasteiger partial charge in [0.05, 0.1) is 41.4 Å². The van der Waals surface area contributed by atoms with Crippen LogP contribution in [-0.2, 0) is 10.1 Å². The van der Waals surface area contributed by atoms with Crippen molar-refractivity contribution in [2.45, 2.75) is 12.8 Å². The highest BCUT2D eigenvalue weighted by Gasteiger charge is 2.28. The molecule has 0 saturated heterocycles. The van der Waals surface area contributed by atoms with Crippen molar-refractivity contribution in [1.29, 1.82) is 0 Å². The number of nitrogens with zero attached hydrogens (tertiary/aromatic N) is 2. The highest BCUT2D eigenvalue weighted by molar-refractivity contribution is 7.85. The Labute approximate surface area is 130 Å². The Kier molecular flexibility index (Phi) is 6.21. The van der Waals surface area contributed by atoms with Gasteiger partial charge in [-0.2, -0.15) is 8.42 Å². The van der Waals surface area contributed by atoms with Crippen LogP contribution >= 0.6 is 0 Å². The zero-order chi connectivity index (χ0) is 17.6. The van der Waals surface area contributed by atoms with E-state index in [2.05, 4.69) is 0 Å². The van der Waals surface area contributed by atoms with Crippen LogP contribution < -0.4 is 9.47 Å². The summed E-state index contributed by atoms with van der Waals surface area (Å²) in [5, 5.41) is 21.7. The van der Waals surface area contributed by atoms with Crippen molar-refractivity contribution in [3.8, 4) is 11.5 Å². The predicted molar refractivity (Wildman–Crippen MR) is 77.4 cm³/mol. The van der Waals surface area contributed by atoms with Gasteiger partial charge in [0, 0.05) is 0 Å². The average molecular weight is 350 g/mol. The quantitative estimate of drug-likeness (QED) is 0.301. The minimum absolute atomic E-state index is 0.0131. The van der Waals surface area contributed by atoms with Gasteiger partial charge in [-0.25, -0.2) is 0 Å². The maximum absolute atomic E-state index is 10.9. The highest BCUT2D eigenvalue weighted by Crippen LogP contribution is 2.38. The van der Waals surface area contributed by atoms with E-state index in [0.29, 0.717) is 0 Å². The lowest BCUT2D eigenvalue weighted by molar-refractivity contribution is -0.422. The first-order valence-electron chi connectivity index (χ1n) is 6.24. The van der Waals surface area contributed by atoms with Crippen LogP contribution in [0.4, 0.5) is 11.4 Å². The van der Waals surface area contributed by atoms with Crippen molar-refractivity contribution in [2.24, 2.45) is 0 Å². The van der Waals surface area contributed by atoms with E-state index in [1.54, 1.807) is 0 Å². The lowest BCUT2D eigenvalue weighted by Gasteiger charge is -2.10. The van der Waals surface area contributed by atoms with E-state index in [4.69, 9.17) is 14.0 Å². The summed E-state index contributed by atoms with van der Waals surface area (Å²) in [6.45, 7) is -0.0131. The number of methoxy groups -OCH3 is 1. The molecule has 0 unspecified atom stereocenters. The fraction of sp³-hybridized carbons (Fsp3) is 0.455. The van der Waals surface area contributed by atoms with Gasteiger partial charge >= 0.3 is 11.4 Å². The van der Waals surface area contributed by atoms with E-state index in [1.807, 2.05) is 0 Å². The molecule has 0 heterocycles. The topological polar surface area (TPSA) is 159 Å². The summed E-state index contributed by atoms with van der Waals surface area (Å²) in [7, 11) is -2.84. The third-order valence-corrected chi connectivity index (χ3v) is 3.51. The monoisotopic (exact) mass is 350 g/mol. The first kappa shape index (κ1) is 18.6. The SMILES string of the molecule is COc1cc([N+](=O)[O-])c([N+](=O)[O-])cc1OCCCCS(=O)(=O)O. The zero-order valence-corrected chi connectivity index (χ0v) is 12.8. The lowest BCUT2D eigenvalue weighted by atomic mass is 10.2. The molecule has 1 aromatic rings. The Morgan fingerprint density at radius 2 is 1.61 bits per heavy atom. The zero-order valence-electron chi connectivity index (χ0n) is 12.0. The number of unbranched alkanes of at least 4 members (excludes halogenated alkanes) is 1. The molecule has 1 rings (SSSR count). The van der Waals surface area contributed by atoms with E-state index >= 15 is 0 Å². The largest absolute Gasteiger partial charge is 0.493 e. The molecular weight excluding hydrogens is 336 g/mol. The molecule has 12 heteroatoms. The maximum Gasteiger partial charge on any atom is 0.350 e. The number of ether oxygens (including phenoxy) is 2. The van der Waals surface area contributed by atoms with Gasteiger partial charge in [0.1, 0.15) is 0 Å². The Morgan fingerprint density at radius 3 is 2.04 bits per heavy atom. The summed E-state index contributed by atoms with van der Waals surface area (Å²) in [6, 6.07) is 1.76. The smallest absolute Gasteiger partial charge is 0.350 e. The number of nitro groups is 2. The molecule has 0 fully saturated rings. The number of benzene rings is 1. The van der Waals surface area contributed by atoms with Crippen molar-refractivity contribution in [3.63, 3.8) is 0 Å². The summed E-state index contributed by atoms with van der Waals surface area (Å²) >= 11 is 0. The first-order chi connectivity index (χ1) is 10.7. The van der Waals surface area contributed by atoms with Crippen molar-refractivity contribution in [2.75, 3.05) is 19.5 Å². The molecule has 0 radical (unpaired) electrons. The lowest BCUT2D eigenvalue weighted by Crippen LogP contribution is -2.07. The molecule has 0 amide bonds. The Bertz CT molecular complexity index is 702. The molecule has 0 saturated carbocycles. The van der Waals surface area contributed by atoms with Gasteiger partial charge < -0.3 is 9.47 Å². The van der Waals surface area contributed by atoms with Gasteiger partial charge in [-0.3, -0.25) is 24.8 Å². The van der Waals surface area contributed by atoms with Crippen molar-refractivity contribution in [1.82, 2.24) is 0 Å². The third-order valence-electron chi connectivity index (χ3n) is 2.71. The molecule has 0 aliphatic heterocycles. The Morgan fingerprint density at radius 1 is 1.09 bits per heavy atom. The molecule has 0 aliphatic rings. The van der Waals surface area contributed by atoms with E-state index in [-0.39, 0.29) is 30.9 Å². The van der Waals surface area contributed by atoms with Crippen LogP contribution in [0.1, 0.15) is 12.8 Å². The second-order valence-corrected chi connectivity index (χ2v) is 5.92. The number of hydrogen-bond acceptors (Lipinski definition) is 8. The molecule has 0 bridgehead atoms. The van der Waals surface area contributed by atoms with Gasteiger partial charge in [-0.05, 0) is 12.8 Å². The van der Waals surface area contributed by atoms with Gasteiger partial charge in [0.15, 0.2) is 11.5 Å². The van der Waals surface area contributed by atoms with Gasteiger partial charge in [-0.15, -0.1) is 0 Å². The van der Waals surface area contributed by atoms with Gasteiger partial charge in [0.2, 0.25) is 0 Å². The van der Waals surface area contributed by atoms with Gasteiger partial charge in [0.25, 0.3) is 10.1 Å². The van der Waals surface area contributed by atoms with E-state index < -0.39 is 37.1 Å². The van der Waals surface area contributed by atoms with Crippen LogP contribution in [0, 0.1) is 20.2 Å².